The Labute approximate surface area is 159 Å². The smallest absolute Gasteiger partial charge is 0.254 e. The molecule has 1 N–H and O–H groups in total. The van der Waals surface area contributed by atoms with Gasteiger partial charge in [0.25, 0.3) is 5.91 Å². The van der Waals surface area contributed by atoms with Crippen molar-refractivity contribution in [3.63, 3.8) is 0 Å². The van der Waals surface area contributed by atoms with Gasteiger partial charge in [-0.25, -0.2) is 21.5 Å². The molecule has 3 rings (SSSR count). The van der Waals surface area contributed by atoms with E-state index in [1.807, 2.05) is 0 Å². The van der Waals surface area contributed by atoms with Gasteiger partial charge in [0.1, 0.15) is 0 Å². The van der Waals surface area contributed by atoms with Gasteiger partial charge in [-0.05, 0) is 49.7 Å². The summed E-state index contributed by atoms with van der Waals surface area (Å²) in [6.45, 7) is 2.85. The van der Waals surface area contributed by atoms with Gasteiger partial charge in [0.15, 0.2) is 11.6 Å². The Morgan fingerprint density at radius 2 is 1.93 bits per heavy atom. The Morgan fingerprint density at radius 1 is 1.26 bits per heavy atom. The molecule has 1 aromatic carbocycles. The molecule has 0 spiro atoms. The zero-order chi connectivity index (χ0) is 19.7. The summed E-state index contributed by atoms with van der Waals surface area (Å²) >= 11 is 0. The number of amides is 1. The molecule has 150 valence electrons. The van der Waals surface area contributed by atoms with E-state index >= 15 is 0 Å². The number of carbonyl (C=O) groups is 1. The predicted molar refractivity (Wildman–Crippen MR) is 98.7 cm³/mol. The standard InChI is InChI=1S/C19H26F2N2O3S/c1-2-27(25,26)23-10-8-19(9-11-23,12-14-6-7-14)13-22-18(24)15-4-3-5-16(20)17(15)21/h3-5,14H,2,6-13H2,1H3,(H,22,24). The van der Waals surface area contributed by atoms with Gasteiger partial charge in [-0.2, -0.15) is 0 Å². The molecule has 27 heavy (non-hydrogen) atoms. The van der Waals surface area contributed by atoms with Crippen molar-refractivity contribution < 1.29 is 22.0 Å². The lowest BCUT2D eigenvalue weighted by Crippen LogP contribution is -2.48. The van der Waals surface area contributed by atoms with Crippen molar-refractivity contribution in [1.82, 2.24) is 9.62 Å². The summed E-state index contributed by atoms with van der Waals surface area (Å²) in [6, 6.07) is 3.55. The highest BCUT2D eigenvalue weighted by Crippen LogP contribution is 2.45. The van der Waals surface area contributed by atoms with Crippen molar-refractivity contribution in [2.75, 3.05) is 25.4 Å². The van der Waals surface area contributed by atoms with Crippen LogP contribution >= 0.6 is 0 Å². The summed E-state index contributed by atoms with van der Waals surface area (Å²) in [5, 5.41) is 2.76. The van der Waals surface area contributed by atoms with Gasteiger partial charge in [0.2, 0.25) is 10.0 Å². The van der Waals surface area contributed by atoms with Crippen LogP contribution < -0.4 is 5.32 Å². The van der Waals surface area contributed by atoms with E-state index in [-0.39, 0.29) is 16.7 Å². The van der Waals surface area contributed by atoms with Gasteiger partial charge in [-0.3, -0.25) is 4.79 Å². The third kappa shape index (κ3) is 4.66. The van der Waals surface area contributed by atoms with Crippen molar-refractivity contribution in [3.05, 3.63) is 35.4 Å². The first-order valence-corrected chi connectivity index (χ1v) is 11.1. The zero-order valence-corrected chi connectivity index (χ0v) is 16.3. The summed E-state index contributed by atoms with van der Waals surface area (Å²) in [7, 11) is -3.21. The molecule has 1 heterocycles. The van der Waals surface area contributed by atoms with E-state index in [0.29, 0.717) is 38.4 Å². The molecule has 2 fully saturated rings. The maximum atomic E-state index is 13.8. The quantitative estimate of drug-likeness (QED) is 0.765. The van der Waals surface area contributed by atoms with E-state index in [4.69, 9.17) is 0 Å². The third-order valence-corrected chi connectivity index (χ3v) is 7.66. The lowest BCUT2D eigenvalue weighted by molar-refractivity contribution is 0.0867. The van der Waals surface area contributed by atoms with Crippen LogP contribution in [0.5, 0.6) is 0 Å². The fourth-order valence-corrected chi connectivity index (χ4v) is 4.95. The van der Waals surface area contributed by atoms with Crippen molar-refractivity contribution in [2.24, 2.45) is 11.3 Å². The van der Waals surface area contributed by atoms with Crippen molar-refractivity contribution in [1.29, 1.82) is 0 Å². The van der Waals surface area contributed by atoms with Crippen molar-refractivity contribution in [3.8, 4) is 0 Å². The second-order valence-corrected chi connectivity index (χ2v) is 9.99. The van der Waals surface area contributed by atoms with E-state index in [1.165, 1.54) is 16.4 Å². The normalized spacial score (nSPS) is 20.4. The molecule has 1 aromatic rings. The van der Waals surface area contributed by atoms with Crippen molar-refractivity contribution in [2.45, 2.75) is 39.0 Å². The fraction of sp³-hybridized carbons (Fsp3) is 0.632. The number of piperidine rings is 1. The molecule has 0 aromatic heterocycles. The van der Waals surface area contributed by atoms with Crippen LogP contribution in [0, 0.1) is 23.0 Å². The highest BCUT2D eigenvalue weighted by atomic mass is 32.2. The summed E-state index contributed by atoms with van der Waals surface area (Å²) in [6.07, 6.45) is 4.57. The average molecular weight is 400 g/mol. The highest BCUT2D eigenvalue weighted by Gasteiger charge is 2.41. The minimum absolute atomic E-state index is 0.0816. The van der Waals surface area contributed by atoms with Crippen LogP contribution in [0.1, 0.15) is 49.4 Å². The van der Waals surface area contributed by atoms with E-state index in [9.17, 15) is 22.0 Å². The Hall–Kier alpha value is -1.54. The molecule has 0 atom stereocenters. The summed E-state index contributed by atoms with van der Waals surface area (Å²) < 4.78 is 52.9. The summed E-state index contributed by atoms with van der Waals surface area (Å²) in [5.74, 6) is -2.13. The monoisotopic (exact) mass is 400 g/mol. The van der Waals surface area contributed by atoms with Crippen LogP contribution in [0.2, 0.25) is 0 Å². The first-order chi connectivity index (χ1) is 12.8. The van der Waals surface area contributed by atoms with Gasteiger partial charge < -0.3 is 5.32 Å². The molecule has 1 aliphatic carbocycles. The number of rotatable bonds is 7. The first-order valence-electron chi connectivity index (χ1n) is 9.46. The van der Waals surface area contributed by atoms with Crippen LogP contribution in [0.15, 0.2) is 18.2 Å². The van der Waals surface area contributed by atoms with Gasteiger partial charge >= 0.3 is 0 Å². The second kappa shape index (κ2) is 7.83. The highest BCUT2D eigenvalue weighted by molar-refractivity contribution is 7.89. The van der Waals surface area contributed by atoms with E-state index in [2.05, 4.69) is 5.32 Å². The van der Waals surface area contributed by atoms with Crippen LogP contribution in [-0.4, -0.2) is 44.0 Å². The first kappa shape index (κ1) is 20.2. The number of halogens is 2. The molecule has 8 heteroatoms. The van der Waals surface area contributed by atoms with E-state index in [1.54, 1.807) is 6.92 Å². The van der Waals surface area contributed by atoms with Gasteiger partial charge in [-0.1, -0.05) is 18.9 Å². The lowest BCUT2D eigenvalue weighted by atomic mass is 9.74. The average Bonchev–Trinajstić information content (AvgIpc) is 3.46. The molecule has 0 radical (unpaired) electrons. The maximum absolute atomic E-state index is 13.8. The number of benzene rings is 1. The molecule has 5 nitrogen and oxygen atoms in total. The number of hydrogen-bond donors (Lipinski definition) is 1. The summed E-state index contributed by atoms with van der Waals surface area (Å²) in [5.41, 5.74) is -0.497. The Morgan fingerprint density at radius 3 is 2.52 bits per heavy atom. The Kier molecular flexibility index (Phi) is 5.86. The molecule has 1 saturated carbocycles. The fourth-order valence-electron chi connectivity index (χ4n) is 3.85. The number of hydrogen-bond acceptors (Lipinski definition) is 3. The summed E-state index contributed by atoms with van der Waals surface area (Å²) in [4.78, 5) is 12.3. The molecule has 1 amide bonds. The van der Waals surface area contributed by atoms with Crippen molar-refractivity contribution >= 4 is 15.9 Å². The minimum atomic E-state index is -3.21. The molecular weight excluding hydrogens is 374 g/mol. The number of sulfonamides is 1. The van der Waals surface area contributed by atoms with Crippen LogP contribution in [0.3, 0.4) is 0 Å². The number of nitrogens with one attached hydrogen (secondary N) is 1. The third-order valence-electron chi connectivity index (χ3n) is 5.78. The van der Waals surface area contributed by atoms with Gasteiger partial charge in [0, 0.05) is 19.6 Å². The largest absolute Gasteiger partial charge is 0.351 e. The second-order valence-electron chi connectivity index (χ2n) is 7.73. The SMILES string of the molecule is CCS(=O)(=O)N1CCC(CNC(=O)c2cccc(F)c2F)(CC2CC2)CC1. The van der Waals surface area contributed by atoms with Gasteiger partial charge in [-0.15, -0.1) is 0 Å². The van der Waals surface area contributed by atoms with Crippen LogP contribution in [0.4, 0.5) is 8.78 Å². The molecule has 0 bridgehead atoms. The molecule has 1 saturated heterocycles. The topological polar surface area (TPSA) is 66.5 Å². The minimum Gasteiger partial charge on any atom is -0.351 e. The zero-order valence-electron chi connectivity index (χ0n) is 15.5. The van der Waals surface area contributed by atoms with E-state index < -0.39 is 27.6 Å². The lowest BCUT2D eigenvalue weighted by Gasteiger charge is -2.41. The predicted octanol–water partition coefficient (Wildman–Crippen LogP) is 2.93. The number of nitrogens with zero attached hydrogens (tertiary/aromatic N) is 1. The van der Waals surface area contributed by atoms with Crippen LogP contribution in [0.25, 0.3) is 0 Å². The van der Waals surface area contributed by atoms with Crippen LogP contribution in [-0.2, 0) is 10.0 Å². The Balaban J connectivity index is 1.67. The maximum Gasteiger partial charge on any atom is 0.254 e. The molecule has 2 aliphatic rings. The molecule has 1 aliphatic heterocycles. The number of carbonyl (C=O) groups excluding carboxylic acids is 1. The van der Waals surface area contributed by atoms with Gasteiger partial charge in [0.05, 0.1) is 11.3 Å². The Bertz CT molecular complexity index is 801. The molecule has 0 unspecified atom stereocenters. The molecular formula is C19H26F2N2O3S. The van der Waals surface area contributed by atoms with E-state index in [0.717, 1.165) is 25.3 Å².